The Morgan fingerprint density at radius 1 is 1.50 bits per heavy atom. The highest BCUT2D eigenvalue weighted by Crippen LogP contribution is 2.04. The first-order valence-electron chi connectivity index (χ1n) is 3.37. The molecule has 0 saturated heterocycles. The Morgan fingerprint density at radius 3 is 2.50 bits per heavy atom. The van der Waals surface area contributed by atoms with Crippen LogP contribution in [0.3, 0.4) is 0 Å². The molecule has 0 aliphatic rings. The van der Waals surface area contributed by atoms with Gasteiger partial charge in [0.25, 0.3) is 0 Å². The summed E-state index contributed by atoms with van der Waals surface area (Å²) in [6, 6.07) is 0. The topological polar surface area (TPSA) is 38.3 Å². The molecule has 1 amide bonds. The molecule has 0 aliphatic heterocycles. The second-order valence-electron chi connectivity index (χ2n) is 3.03. The zero-order valence-corrected chi connectivity index (χ0v) is 6.81. The van der Waals surface area contributed by atoms with E-state index in [0.29, 0.717) is 19.6 Å². The van der Waals surface area contributed by atoms with Crippen molar-refractivity contribution < 1.29 is 9.53 Å². The summed E-state index contributed by atoms with van der Waals surface area (Å²) >= 11 is 0. The van der Waals surface area contributed by atoms with Crippen LogP contribution >= 0.6 is 0 Å². The fraction of sp³-hybridized carbons (Fsp3) is 0.857. The van der Waals surface area contributed by atoms with Crippen LogP contribution in [0.4, 0.5) is 0 Å². The second kappa shape index (κ2) is 4.28. The Bertz CT molecular complexity index is 96.3. The number of carbonyl (C=O) groups excluding carboxylic acids is 1. The first kappa shape index (κ1) is 9.43. The van der Waals surface area contributed by atoms with E-state index in [9.17, 15) is 4.79 Å². The van der Waals surface area contributed by atoms with Gasteiger partial charge < -0.3 is 10.1 Å². The Morgan fingerprint density at radius 2 is 2.10 bits per heavy atom. The summed E-state index contributed by atoms with van der Waals surface area (Å²) in [5.74, 6) is 0. The van der Waals surface area contributed by atoms with Crippen LogP contribution < -0.4 is 5.32 Å². The van der Waals surface area contributed by atoms with Crippen LogP contribution in [0.5, 0.6) is 0 Å². The predicted octanol–water partition coefficient (Wildman–Crippen LogP) is 0.547. The molecule has 0 aromatic heterocycles. The van der Waals surface area contributed by atoms with Crippen molar-refractivity contribution in [3.05, 3.63) is 0 Å². The molecular weight excluding hydrogens is 130 g/mol. The number of nitrogens with one attached hydrogen (secondary N) is 1. The summed E-state index contributed by atoms with van der Waals surface area (Å²) in [5.41, 5.74) is -0.107. The van der Waals surface area contributed by atoms with Crippen molar-refractivity contribution >= 4 is 6.41 Å². The van der Waals surface area contributed by atoms with Crippen molar-refractivity contribution in [1.82, 2.24) is 5.32 Å². The maximum Gasteiger partial charge on any atom is 0.207 e. The predicted molar refractivity (Wildman–Crippen MR) is 39.8 cm³/mol. The summed E-state index contributed by atoms with van der Waals surface area (Å²) in [6.45, 7) is 7.10. The molecule has 0 saturated carbocycles. The van der Waals surface area contributed by atoms with E-state index in [0.717, 1.165) is 0 Å². The first-order chi connectivity index (χ1) is 4.56. The van der Waals surface area contributed by atoms with Crippen molar-refractivity contribution in [2.45, 2.75) is 26.4 Å². The van der Waals surface area contributed by atoms with E-state index in [1.54, 1.807) is 0 Å². The number of hydrogen-bond donors (Lipinski definition) is 1. The van der Waals surface area contributed by atoms with Gasteiger partial charge in [-0.1, -0.05) is 0 Å². The maximum absolute atomic E-state index is 9.76. The normalized spacial score (nSPS) is 11.1. The van der Waals surface area contributed by atoms with Crippen LogP contribution in [0.2, 0.25) is 0 Å². The van der Waals surface area contributed by atoms with Gasteiger partial charge in [-0.05, 0) is 20.8 Å². The summed E-state index contributed by atoms with van der Waals surface area (Å²) in [7, 11) is 0. The average Bonchev–Trinajstić information content (AvgIpc) is 1.78. The first-order valence-corrected chi connectivity index (χ1v) is 3.37. The van der Waals surface area contributed by atoms with E-state index in [1.807, 2.05) is 20.8 Å². The molecule has 0 spiro atoms. The molecule has 10 heavy (non-hydrogen) atoms. The number of hydrogen-bond acceptors (Lipinski definition) is 2. The third kappa shape index (κ3) is 7.43. The Labute approximate surface area is 61.8 Å². The van der Waals surface area contributed by atoms with E-state index in [-0.39, 0.29) is 5.60 Å². The van der Waals surface area contributed by atoms with Gasteiger partial charge in [0, 0.05) is 6.54 Å². The molecule has 0 fully saturated rings. The third-order valence-corrected chi connectivity index (χ3v) is 0.865. The van der Waals surface area contributed by atoms with Gasteiger partial charge in [-0.3, -0.25) is 4.79 Å². The van der Waals surface area contributed by atoms with E-state index in [2.05, 4.69) is 5.32 Å². The van der Waals surface area contributed by atoms with Gasteiger partial charge in [0.2, 0.25) is 6.41 Å². The molecular formula is C7H15NO2. The van der Waals surface area contributed by atoms with Gasteiger partial charge in [-0.2, -0.15) is 0 Å². The quantitative estimate of drug-likeness (QED) is 0.463. The van der Waals surface area contributed by atoms with Crippen molar-refractivity contribution in [3.63, 3.8) is 0 Å². The van der Waals surface area contributed by atoms with Crippen LogP contribution in [0.1, 0.15) is 20.8 Å². The minimum Gasteiger partial charge on any atom is -0.374 e. The van der Waals surface area contributed by atoms with Crippen molar-refractivity contribution in [3.8, 4) is 0 Å². The second-order valence-corrected chi connectivity index (χ2v) is 3.03. The lowest BCUT2D eigenvalue weighted by atomic mass is 10.2. The van der Waals surface area contributed by atoms with Gasteiger partial charge in [0.1, 0.15) is 0 Å². The molecule has 0 rings (SSSR count). The van der Waals surface area contributed by atoms with E-state index in [4.69, 9.17) is 4.74 Å². The molecule has 0 radical (unpaired) electrons. The van der Waals surface area contributed by atoms with E-state index in [1.165, 1.54) is 0 Å². The van der Waals surface area contributed by atoms with Gasteiger partial charge in [-0.15, -0.1) is 0 Å². The van der Waals surface area contributed by atoms with E-state index < -0.39 is 0 Å². The molecule has 1 N–H and O–H groups in total. The number of rotatable bonds is 4. The number of amides is 1. The molecule has 60 valence electrons. The lowest BCUT2D eigenvalue weighted by molar-refractivity contribution is -0.110. The fourth-order valence-electron chi connectivity index (χ4n) is 0.475. The number of ether oxygens (including phenoxy) is 1. The lowest BCUT2D eigenvalue weighted by Gasteiger charge is -2.18. The summed E-state index contributed by atoms with van der Waals surface area (Å²) in [5, 5.41) is 2.52. The molecule has 3 heteroatoms. The highest BCUT2D eigenvalue weighted by atomic mass is 16.5. The Balaban J connectivity index is 3.12. The fourth-order valence-corrected chi connectivity index (χ4v) is 0.475. The van der Waals surface area contributed by atoms with Gasteiger partial charge in [0.05, 0.1) is 12.2 Å². The highest BCUT2D eigenvalue weighted by Gasteiger charge is 2.08. The van der Waals surface area contributed by atoms with Crippen LogP contribution in [0.15, 0.2) is 0 Å². The van der Waals surface area contributed by atoms with E-state index >= 15 is 0 Å². The molecule has 0 aromatic rings. The van der Waals surface area contributed by atoms with Gasteiger partial charge in [-0.25, -0.2) is 0 Å². The lowest BCUT2D eigenvalue weighted by Crippen LogP contribution is -2.25. The highest BCUT2D eigenvalue weighted by molar-refractivity contribution is 5.45. The van der Waals surface area contributed by atoms with Crippen LogP contribution in [-0.4, -0.2) is 25.2 Å². The van der Waals surface area contributed by atoms with Crippen LogP contribution in [-0.2, 0) is 9.53 Å². The van der Waals surface area contributed by atoms with Crippen molar-refractivity contribution in [2.24, 2.45) is 0 Å². The summed E-state index contributed by atoms with van der Waals surface area (Å²) < 4.78 is 5.31. The van der Waals surface area contributed by atoms with Gasteiger partial charge >= 0.3 is 0 Å². The average molecular weight is 145 g/mol. The van der Waals surface area contributed by atoms with Gasteiger partial charge in [0.15, 0.2) is 0 Å². The van der Waals surface area contributed by atoms with Crippen molar-refractivity contribution in [1.29, 1.82) is 0 Å². The summed E-state index contributed by atoms with van der Waals surface area (Å²) in [4.78, 5) is 9.76. The van der Waals surface area contributed by atoms with Crippen LogP contribution in [0.25, 0.3) is 0 Å². The number of carbonyl (C=O) groups is 1. The smallest absolute Gasteiger partial charge is 0.207 e. The molecule has 0 aromatic carbocycles. The SMILES string of the molecule is CC(C)(C)OCCNC=O. The molecule has 0 heterocycles. The maximum atomic E-state index is 9.76. The Hall–Kier alpha value is -0.570. The monoisotopic (exact) mass is 145 g/mol. The molecule has 0 aliphatic carbocycles. The molecule has 3 nitrogen and oxygen atoms in total. The molecule has 0 unspecified atom stereocenters. The Kier molecular flexibility index (Phi) is 4.03. The molecule has 0 atom stereocenters. The third-order valence-electron chi connectivity index (χ3n) is 0.865. The zero-order chi connectivity index (χ0) is 8.04. The molecule has 0 bridgehead atoms. The standard InChI is InChI=1S/C7H15NO2/c1-7(2,3)10-5-4-8-6-9/h6H,4-5H2,1-3H3,(H,8,9). The summed E-state index contributed by atoms with van der Waals surface area (Å²) in [6.07, 6.45) is 0.673. The van der Waals surface area contributed by atoms with Crippen molar-refractivity contribution in [2.75, 3.05) is 13.2 Å². The minimum absolute atomic E-state index is 0.107. The minimum atomic E-state index is -0.107. The zero-order valence-electron chi connectivity index (χ0n) is 6.81. The largest absolute Gasteiger partial charge is 0.374 e. The van der Waals surface area contributed by atoms with Crippen LogP contribution in [0, 0.1) is 0 Å².